The highest BCUT2D eigenvalue weighted by Gasteiger charge is 2.34. The molecule has 2 N–H and O–H groups in total. The standard InChI is InChI=1S/C14H17N3O3/c1-5-8(18)17-13-12(20)10-11(7(2)15-13)16-9(19)6-14(10,3)4/h20H,2,5-6H2,1,3-4H3,(H,15,17,18). The molecule has 0 bridgehead atoms. The van der Waals surface area contributed by atoms with Gasteiger partial charge >= 0.3 is 0 Å². The summed E-state index contributed by atoms with van der Waals surface area (Å²) < 4.78 is 0. The number of hydrogen-bond acceptors (Lipinski definition) is 4. The van der Waals surface area contributed by atoms with Crippen molar-refractivity contribution in [2.24, 2.45) is 4.99 Å². The molecule has 1 aromatic rings. The van der Waals surface area contributed by atoms with Crippen LogP contribution in [-0.2, 0) is 15.0 Å². The fraction of sp³-hybridized carbons (Fsp3) is 0.429. The number of carbonyl (C=O) groups is 2. The molecule has 0 unspecified atom stereocenters. The van der Waals surface area contributed by atoms with Crippen LogP contribution in [-0.4, -0.2) is 21.9 Å². The van der Waals surface area contributed by atoms with Crippen molar-refractivity contribution in [3.05, 3.63) is 16.3 Å². The molecule has 6 nitrogen and oxygen atoms in total. The third kappa shape index (κ3) is 2.29. The van der Waals surface area contributed by atoms with Crippen molar-refractivity contribution in [3.8, 4) is 5.75 Å². The van der Waals surface area contributed by atoms with Crippen molar-refractivity contribution in [2.75, 3.05) is 5.32 Å². The monoisotopic (exact) mass is 275 g/mol. The Morgan fingerprint density at radius 2 is 2.15 bits per heavy atom. The third-order valence-corrected chi connectivity index (χ3v) is 3.30. The van der Waals surface area contributed by atoms with Gasteiger partial charge in [-0.15, -0.1) is 0 Å². The van der Waals surface area contributed by atoms with E-state index >= 15 is 0 Å². The fourth-order valence-corrected chi connectivity index (χ4v) is 2.32. The topological polar surface area (TPSA) is 91.7 Å². The predicted octanol–water partition coefficient (Wildman–Crippen LogP) is 0.373. The molecule has 1 aliphatic heterocycles. The smallest absolute Gasteiger partial charge is 0.247 e. The van der Waals surface area contributed by atoms with Crippen LogP contribution in [0.1, 0.15) is 39.2 Å². The highest BCUT2D eigenvalue weighted by Crippen LogP contribution is 2.35. The minimum atomic E-state index is -0.584. The van der Waals surface area contributed by atoms with Crippen LogP contribution in [0.3, 0.4) is 0 Å². The van der Waals surface area contributed by atoms with Crippen LogP contribution in [0.2, 0.25) is 0 Å². The summed E-state index contributed by atoms with van der Waals surface area (Å²) in [6, 6.07) is 0. The fourth-order valence-electron chi connectivity index (χ4n) is 2.32. The second-order valence-electron chi connectivity index (χ2n) is 5.45. The van der Waals surface area contributed by atoms with Gasteiger partial charge in [-0.2, -0.15) is 0 Å². The van der Waals surface area contributed by atoms with E-state index in [2.05, 4.69) is 21.9 Å². The molecule has 6 heteroatoms. The van der Waals surface area contributed by atoms with Crippen LogP contribution in [0.4, 0.5) is 5.82 Å². The normalized spacial score (nSPS) is 16.2. The van der Waals surface area contributed by atoms with E-state index in [1.165, 1.54) is 0 Å². The van der Waals surface area contributed by atoms with Gasteiger partial charge in [0.2, 0.25) is 11.8 Å². The third-order valence-electron chi connectivity index (χ3n) is 3.30. The number of rotatable bonds is 2. The Hall–Kier alpha value is -2.24. The second-order valence-corrected chi connectivity index (χ2v) is 5.45. The van der Waals surface area contributed by atoms with Crippen molar-refractivity contribution in [3.63, 3.8) is 0 Å². The van der Waals surface area contributed by atoms with Gasteiger partial charge in [-0.05, 0) is 0 Å². The van der Waals surface area contributed by atoms with Crippen molar-refractivity contribution in [1.82, 2.24) is 4.98 Å². The van der Waals surface area contributed by atoms with E-state index in [1.807, 2.05) is 13.8 Å². The van der Waals surface area contributed by atoms with Gasteiger partial charge in [0.15, 0.2) is 11.6 Å². The number of hydrogen-bond donors (Lipinski definition) is 2. The maximum absolute atomic E-state index is 11.6. The molecule has 0 radical (unpaired) electrons. The molecule has 2 heterocycles. The molecule has 0 aromatic carbocycles. The summed E-state index contributed by atoms with van der Waals surface area (Å²) in [6.07, 6.45) is 0.467. The Morgan fingerprint density at radius 3 is 2.75 bits per heavy atom. The Labute approximate surface area is 116 Å². The molecule has 2 rings (SSSR count). The Bertz CT molecular complexity index is 707. The largest absolute Gasteiger partial charge is 0.504 e. The minimum Gasteiger partial charge on any atom is -0.504 e. The summed E-state index contributed by atoms with van der Waals surface area (Å²) >= 11 is 0. The van der Waals surface area contributed by atoms with Crippen LogP contribution in [0.25, 0.3) is 6.58 Å². The molecule has 0 saturated carbocycles. The first-order chi connectivity index (χ1) is 9.26. The highest BCUT2D eigenvalue weighted by molar-refractivity contribution is 5.91. The van der Waals surface area contributed by atoms with Crippen molar-refractivity contribution >= 4 is 24.2 Å². The molecular formula is C14H17N3O3. The summed E-state index contributed by atoms with van der Waals surface area (Å²) in [5, 5.41) is 13.5. The summed E-state index contributed by atoms with van der Waals surface area (Å²) in [5.74, 6) is -0.596. The van der Waals surface area contributed by atoms with Gasteiger partial charge < -0.3 is 10.4 Å². The number of nitrogens with one attached hydrogen (secondary N) is 1. The zero-order valence-corrected chi connectivity index (χ0v) is 11.8. The average molecular weight is 275 g/mol. The van der Waals surface area contributed by atoms with Crippen molar-refractivity contribution in [2.45, 2.75) is 39.0 Å². The molecule has 2 amide bonds. The minimum absolute atomic E-state index is 0.0678. The van der Waals surface area contributed by atoms with Crippen LogP contribution in [0.5, 0.6) is 5.75 Å². The number of carbonyl (C=O) groups excluding carboxylic acids is 2. The number of nitrogens with zero attached hydrogens (tertiary/aromatic N) is 2. The Kier molecular flexibility index (Phi) is 3.33. The van der Waals surface area contributed by atoms with Gasteiger partial charge in [0.25, 0.3) is 0 Å². The lowest BCUT2D eigenvalue weighted by Crippen LogP contribution is -2.43. The van der Waals surface area contributed by atoms with Gasteiger partial charge in [-0.3, -0.25) is 9.59 Å². The molecular weight excluding hydrogens is 258 g/mol. The van der Waals surface area contributed by atoms with Gasteiger partial charge in [0.05, 0.1) is 10.7 Å². The number of fused-ring (bicyclic) bond motifs is 1. The lowest BCUT2D eigenvalue weighted by molar-refractivity contribution is -0.119. The molecule has 106 valence electrons. The van der Waals surface area contributed by atoms with E-state index in [9.17, 15) is 14.7 Å². The molecule has 20 heavy (non-hydrogen) atoms. The number of amides is 2. The molecule has 0 fully saturated rings. The van der Waals surface area contributed by atoms with Gasteiger partial charge in [-0.1, -0.05) is 27.4 Å². The Morgan fingerprint density at radius 1 is 1.50 bits per heavy atom. The van der Waals surface area contributed by atoms with Crippen LogP contribution >= 0.6 is 0 Å². The van der Waals surface area contributed by atoms with Crippen LogP contribution in [0.15, 0.2) is 4.99 Å². The highest BCUT2D eigenvalue weighted by atomic mass is 16.3. The SMILES string of the molecule is C=c1nc(NC(=O)CC)c(O)c2c1=NC(=O)CC2(C)C. The molecule has 0 aliphatic carbocycles. The van der Waals surface area contributed by atoms with Crippen LogP contribution < -0.4 is 16.0 Å². The van der Waals surface area contributed by atoms with Gasteiger partial charge in [0, 0.05) is 23.8 Å². The molecule has 0 saturated heterocycles. The molecule has 1 aliphatic rings. The van der Waals surface area contributed by atoms with E-state index in [4.69, 9.17) is 0 Å². The molecule has 0 spiro atoms. The van der Waals surface area contributed by atoms with Crippen LogP contribution in [0, 0.1) is 0 Å². The number of anilines is 1. The summed E-state index contributed by atoms with van der Waals surface area (Å²) in [4.78, 5) is 31.0. The van der Waals surface area contributed by atoms with E-state index in [0.717, 1.165) is 0 Å². The lowest BCUT2D eigenvalue weighted by atomic mass is 9.79. The maximum Gasteiger partial charge on any atom is 0.247 e. The zero-order valence-electron chi connectivity index (χ0n) is 11.8. The first kappa shape index (κ1) is 14.2. The second kappa shape index (κ2) is 4.70. The van der Waals surface area contributed by atoms with Gasteiger partial charge in [0.1, 0.15) is 0 Å². The molecule has 1 aromatic heterocycles. The first-order valence-corrected chi connectivity index (χ1v) is 6.40. The van der Waals surface area contributed by atoms with E-state index < -0.39 is 5.41 Å². The average Bonchev–Trinajstić information content (AvgIpc) is 2.33. The van der Waals surface area contributed by atoms with E-state index in [0.29, 0.717) is 10.9 Å². The number of aromatic hydroxyl groups is 1. The Balaban J connectivity index is 2.73. The zero-order chi connectivity index (χ0) is 15.1. The maximum atomic E-state index is 11.6. The van der Waals surface area contributed by atoms with Crippen molar-refractivity contribution in [1.29, 1.82) is 0 Å². The first-order valence-electron chi connectivity index (χ1n) is 6.40. The quantitative estimate of drug-likeness (QED) is 0.816. The number of pyridine rings is 1. The van der Waals surface area contributed by atoms with E-state index in [-0.39, 0.29) is 41.6 Å². The predicted molar refractivity (Wildman–Crippen MR) is 73.8 cm³/mol. The summed E-state index contributed by atoms with van der Waals surface area (Å²) in [7, 11) is 0. The summed E-state index contributed by atoms with van der Waals surface area (Å²) in [6.45, 7) is 9.12. The number of aromatic nitrogens is 1. The summed E-state index contributed by atoms with van der Waals surface area (Å²) in [5.41, 5.74) is -0.0808. The lowest BCUT2D eigenvalue weighted by Gasteiger charge is -2.28. The van der Waals surface area contributed by atoms with Crippen molar-refractivity contribution < 1.29 is 14.7 Å². The van der Waals surface area contributed by atoms with Gasteiger partial charge in [-0.25, -0.2) is 9.98 Å². The molecule has 0 atom stereocenters. The van der Waals surface area contributed by atoms with E-state index in [1.54, 1.807) is 6.92 Å².